The van der Waals surface area contributed by atoms with Crippen LogP contribution in [0.5, 0.6) is 0 Å². The van der Waals surface area contributed by atoms with E-state index in [9.17, 15) is 22.8 Å². The molecular formula is C15H9ClF3N5O2S. The maximum Gasteiger partial charge on any atom is 0.416 e. The number of hydrazine groups is 1. The molecule has 7 nitrogen and oxygen atoms in total. The number of hydrogen-bond acceptors (Lipinski definition) is 5. The van der Waals surface area contributed by atoms with Crippen molar-refractivity contribution in [1.29, 1.82) is 0 Å². The fourth-order valence-electron chi connectivity index (χ4n) is 1.99. The van der Waals surface area contributed by atoms with Crippen LogP contribution in [0, 0.1) is 0 Å². The number of rotatable bonds is 3. The van der Waals surface area contributed by atoms with Crippen LogP contribution in [0.1, 0.15) is 26.4 Å². The van der Waals surface area contributed by atoms with E-state index in [0.29, 0.717) is 0 Å². The molecule has 0 aliphatic carbocycles. The van der Waals surface area contributed by atoms with E-state index in [1.165, 1.54) is 23.8 Å². The minimum absolute atomic E-state index is 0.0292. The number of amides is 2. The van der Waals surface area contributed by atoms with E-state index in [1.54, 1.807) is 0 Å². The van der Waals surface area contributed by atoms with Gasteiger partial charge in [-0.05, 0) is 18.2 Å². The molecular weight excluding hydrogens is 407 g/mol. The summed E-state index contributed by atoms with van der Waals surface area (Å²) in [6.07, 6.45) is -1.90. The Morgan fingerprint density at radius 2 is 1.93 bits per heavy atom. The number of aromatic nitrogens is 3. The summed E-state index contributed by atoms with van der Waals surface area (Å²) in [5.74, 6) is -1.28. The third kappa shape index (κ3) is 4.26. The van der Waals surface area contributed by atoms with Gasteiger partial charge in [0.2, 0.25) is 0 Å². The number of aromatic amines is 1. The molecule has 0 fully saturated rings. The Morgan fingerprint density at radius 3 is 2.56 bits per heavy atom. The van der Waals surface area contributed by atoms with Crippen LogP contribution in [0.15, 0.2) is 36.0 Å². The number of carbonyl (C=O) groups excluding carboxylic acids is 2. The summed E-state index contributed by atoms with van der Waals surface area (Å²) in [7, 11) is 0. The topological polar surface area (TPSA) is 99.8 Å². The second-order valence-electron chi connectivity index (χ2n) is 5.13. The summed E-state index contributed by atoms with van der Waals surface area (Å²) in [6, 6.07) is 2.86. The molecule has 0 aliphatic heterocycles. The number of nitrogens with zero attached hydrogens (tertiary/aromatic N) is 2. The first-order valence-electron chi connectivity index (χ1n) is 7.18. The summed E-state index contributed by atoms with van der Waals surface area (Å²) in [5, 5.41) is 7.57. The van der Waals surface area contributed by atoms with Gasteiger partial charge in [0.05, 0.1) is 22.3 Å². The van der Waals surface area contributed by atoms with E-state index in [1.807, 2.05) is 0 Å². The van der Waals surface area contributed by atoms with Gasteiger partial charge < -0.3 is 0 Å². The lowest BCUT2D eigenvalue weighted by atomic mass is 10.1. The van der Waals surface area contributed by atoms with Crippen molar-refractivity contribution in [3.05, 3.63) is 57.8 Å². The average molecular weight is 416 g/mol. The Kier molecular flexibility index (Phi) is 5.15. The molecule has 0 radical (unpaired) electrons. The van der Waals surface area contributed by atoms with E-state index in [2.05, 4.69) is 26.0 Å². The lowest BCUT2D eigenvalue weighted by Gasteiger charge is -2.08. The number of halogens is 4. The molecule has 2 aromatic heterocycles. The highest BCUT2D eigenvalue weighted by atomic mass is 35.5. The van der Waals surface area contributed by atoms with Crippen LogP contribution >= 0.6 is 22.9 Å². The molecule has 3 N–H and O–H groups in total. The number of benzene rings is 1. The van der Waals surface area contributed by atoms with Gasteiger partial charge in [0, 0.05) is 17.1 Å². The van der Waals surface area contributed by atoms with Crippen molar-refractivity contribution in [3.63, 3.8) is 0 Å². The standard InChI is InChI=1S/C15H9ClF3N5O2S/c16-10-3-8(15(17,18)19)1-2-9(10)14-22-11(6-27-14)13(26)24-23-12(25)7-4-20-21-5-7/h1-6H,(H,20,21)(H,23,25)(H,24,26). The zero-order valence-electron chi connectivity index (χ0n) is 13.1. The van der Waals surface area contributed by atoms with Crippen LogP contribution in [0.25, 0.3) is 10.6 Å². The van der Waals surface area contributed by atoms with E-state index < -0.39 is 23.6 Å². The molecule has 2 amide bonds. The molecule has 140 valence electrons. The molecule has 0 aliphatic rings. The molecule has 1 aromatic carbocycles. The quantitative estimate of drug-likeness (QED) is 0.571. The first-order valence-corrected chi connectivity index (χ1v) is 8.43. The number of carbonyl (C=O) groups is 2. The van der Waals surface area contributed by atoms with Crippen molar-refractivity contribution in [2.24, 2.45) is 0 Å². The van der Waals surface area contributed by atoms with Crippen LogP contribution < -0.4 is 10.9 Å². The Hall–Kier alpha value is -2.92. The number of thiazole rings is 1. The van der Waals surface area contributed by atoms with Gasteiger partial charge in [0.1, 0.15) is 10.7 Å². The fraction of sp³-hybridized carbons (Fsp3) is 0.0667. The van der Waals surface area contributed by atoms with Crippen molar-refractivity contribution in [2.45, 2.75) is 6.18 Å². The lowest BCUT2D eigenvalue weighted by molar-refractivity contribution is -0.137. The third-order valence-corrected chi connectivity index (χ3v) is 4.50. The maximum absolute atomic E-state index is 12.7. The van der Waals surface area contributed by atoms with E-state index in [-0.39, 0.29) is 26.9 Å². The molecule has 0 spiro atoms. The van der Waals surface area contributed by atoms with Gasteiger partial charge in [0.15, 0.2) is 0 Å². The second kappa shape index (κ2) is 7.37. The maximum atomic E-state index is 12.7. The molecule has 27 heavy (non-hydrogen) atoms. The van der Waals surface area contributed by atoms with Crippen LogP contribution in [0.3, 0.4) is 0 Å². The highest BCUT2D eigenvalue weighted by molar-refractivity contribution is 7.13. The molecule has 0 bridgehead atoms. The van der Waals surface area contributed by atoms with Gasteiger partial charge in [-0.25, -0.2) is 4.98 Å². The molecule has 3 rings (SSSR count). The Labute approximate surface area is 158 Å². The number of H-pyrrole nitrogens is 1. The SMILES string of the molecule is O=C(NNC(=O)c1csc(-c2ccc(C(F)(F)F)cc2Cl)n1)c1cn[nH]c1. The van der Waals surface area contributed by atoms with Gasteiger partial charge >= 0.3 is 6.18 Å². The van der Waals surface area contributed by atoms with Crippen LogP contribution in [-0.4, -0.2) is 27.0 Å². The summed E-state index contributed by atoms with van der Waals surface area (Å²) in [4.78, 5) is 27.8. The van der Waals surface area contributed by atoms with Crippen LogP contribution in [0.2, 0.25) is 5.02 Å². The first kappa shape index (κ1) is 18.9. The summed E-state index contributed by atoms with van der Waals surface area (Å²) >= 11 is 6.94. The highest BCUT2D eigenvalue weighted by Gasteiger charge is 2.31. The summed E-state index contributed by atoms with van der Waals surface area (Å²) in [5.41, 5.74) is 3.92. The van der Waals surface area contributed by atoms with Crippen LogP contribution in [-0.2, 0) is 6.18 Å². The molecule has 0 atom stereocenters. The van der Waals surface area contributed by atoms with E-state index in [4.69, 9.17) is 11.6 Å². The van der Waals surface area contributed by atoms with Gasteiger partial charge in [-0.15, -0.1) is 11.3 Å². The largest absolute Gasteiger partial charge is 0.416 e. The van der Waals surface area contributed by atoms with Crippen molar-refractivity contribution in [2.75, 3.05) is 0 Å². The first-order chi connectivity index (χ1) is 12.8. The van der Waals surface area contributed by atoms with Crippen molar-refractivity contribution >= 4 is 34.8 Å². The second-order valence-corrected chi connectivity index (χ2v) is 6.39. The number of nitrogens with one attached hydrogen (secondary N) is 3. The van der Waals surface area contributed by atoms with Gasteiger partial charge in [-0.2, -0.15) is 18.3 Å². The predicted octanol–water partition coefficient (Wildman–Crippen LogP) is 3.28. The molecule has 0 saturated carbocycles. The third-order valence-electron chi connectivity index (χ3n) is 3.31. The van der Waals surface area contributed by atoms with Gasteiger partial charge in [-0.1, -0.05) is 11.6 Å². The monoisotopic (exact) mass is 415 g/mol. The van der Waals surface area contributed by atoms with Gasteiger partial charge in [-0.3, -0.25) is 25.5 Å². The van der Waals surface area contributed by atoms with E-state index >= 15 is 0 Å². The molecule has 0 unspecified atom stereocenters. The van der Waals surface area contributed by atoms with E-state index in [0.717, 1.165) is 23.5 Å². The van der Waals surface area contributed by atoms with Crippen molar-refractivity contribution < 1.29 is 22.8 Å². The fourth-order valence-corrected chi connectivity index (χ4v) is 3.16. The smallest absolute Gasteiger partial charge is 0.285 e. The zero-order valence-corrected chi connectivity index (χ0v) is 14.7. The predicted molar refractivity (Wildman–Crippen MR) is 91.1 cm³/mol. The summed E-state index contributed by atoms with van der Waals surface area (Å²) < 4.78 is 38.1. The minimum Gasteiger partial charge on any atom is -0.285 e. The molecule has 12 heteroatoms. The Balaban J connectivity index is 1.71. The molecule has 3 aromatic rings. The number of hydrogen-bond donors (Lipinski definition) is 3. The Morgan fingerprint density at radius 1 is 1.19 bits per heavy atom. The number of alkyl halides is 3. The highest BCUT2D eigenvalue weighted by Crippen LogP contribution is 2.36. The Bertz CT molecular complexity index is 988. The average Bonchev–Trinajstić information content (AvgIpc) is 3.30. The summed E-state index contributed by atoms with van der Waals surface area (Å²) in [6.45, 7) is 0. The minimum atomic E-state index is -4.51. The lowest BCUT2D eigenvalue weighted by Crippen LogP contribution is -2.41. The van der Waals surface area contributed by atoms with Crippen LogP contribution in [0.4, 0.5) is 13.2 Å². The van der Waals surface area contributed by atoms with Crippen molar-refractivity contribution in [3.8, 4) is 10.6 Å². The molecule has 0 saturated heterocycles. The van der Waals surface area contributed by atoms with Gasteiger partial charge in [0.25, 0.3) is 11.8 Å². The zero-order chi connectivity index (χ0) is 19.6. The molecule has 2 heterocycles. The normalized spacial score (nSPS) is 11.3. The van der Waals surface area contributed by atoms with Crippen molar-refractivity contribution in [1.82, 2.24) is 26.0 Å².